The average Bonchev–Trinajstić information content (AvgIpc) is 2.79. The molecule has 0 amide bonds. The summed E-state index contributed by atoms with van der Waals surface area (Å²) in [6, 6.07) is 23.6. The third-order valence-electron chi connectivity index (χ3n) is 5.41. The van der Waals surface area contributed by atoms with Gasteiger partial charge in [-0.25, -0.2) is 12.4 Å². The summed E-state index contributed by atoms with van der Waals surface area (Å²) >= 11 is 0. The Morgan fingerprint density at radius 1 is 0.588 bits per heavy atom. The molecular formula is C27H24F2O3S2. The van der Waals surface area contributed by atoms with Gasteiger partial charge in [0.15, 0.2) is 0 Å². The van der Waals surface area contributed by atoms with Crippen LogP contribution in [0.1, 0.15) is 16.7 Å². The molecule has 0 aromatic heterocycles. The minimum atomic E-state index is -4.35. The van der Waals surface area contributed by atoms with Gasteiger partial charge in [-0.15, -0.1) is 0 Å². The molecule has 0 aliphatic rings. The first-order chi connectivity index (χ1) is 16.1. The predicted octanol–water partition coefficient (Wildman–Crippen LogP) is 7.49. The van der Waals surface area contributed by atoms with Crippen molar-refractivity contribution in [2.75, 3.05) is 0 Å². The van der Waals surface area contributed by atoms with E-state index in [0.29, 0.717) is 9.79 Å². The van der Waals surface area contributed by atoms with Crippen LogP contribution in [0, 0.1) is 32.4 Å². The first-order valence-corrected chi connectivity index (χ1v) is 13.5. The summed E-state index contributed by atoms with van der Waals surface area (Å²) in [5, 5.41) is 0. The summed E-state index contributed by atoms with van der Waals surface area (Å²) in [4.78, 5) is 0.875. The van der Waals surface area contributed by atoms with Gasteiger partial charge >= 0.3 is 10.1 Å². The lowest BCUT2D eigenvalue weighted by Crippen LogP contribution is -2.16. The van der Waals surface area contributed by atoms with E-state index in [9.17, 15) is 12.8 Å². The van der Waals surface area contributed by atoms with Gasteiger partial charge in [-0.3, -0.25) is 0 Å². The molecule has 4 aromatic carbocycles. The fraction of sp³-hybridized carbons (Fsp3) is 0.111. The quantitative estimate of drug-likeness (QED) is 0.277. The summed E-state index contributed by atoms with van der Waals surface area (Å²) in [6.07, 6.45) is 0. The highest BCUT2D eigenvalue weighted by Crippen LogP contribution is 2.70. The van der Waals surface area contributed by atoms with Crippen molar-refractivity contribution in [3.05, 3.63) is 119 Å². The topological polar surface area (TPSA) is 43.4 Å². The molecule has 0 aliphatic carbocycles. The molecule has 0 spiro atoms. The van der Waals surface area contributed by atoms with E-state index in [1.54, 1.807) is 36.4 Å². The minimum absolute atomic E-state index is 0.0303. The highest BCUT2D eigenvalue weighted by molar-refractivity contribution is 8.33. The monoisotopic (exact) mass is 498 g/mol. The van der Waals surface area contributed by atoms with Crippen molar-refractivity contribution in [1.82, 2.24) is 0 Å². The van der Waals surface area contributed by atoms with Gasteiger partial charge < -0.3 is 0 Å². The van der Waals surface area contributed by atoms with Gasteiger partial charge in [0.1, 0.15) is 11.6 Å². The zero-order valence-corrected chi connectivity index (χ0v) is 20.6. The van der Waals surface area contributed by atoms with Crippen LogP contribution in [0.25, 0.3) is 0 Å². The molecule has 0 atom stereocenters. The second kappa shape index (κ2) is 9.33. The molecule has 0 bridgehead atoms. The maximum Gasteiger partial charge on any atom is 0.307 e. The predicted molar refractivity (Wildman–Crippen MR) is 131 cm³/mol. The molecule has 0 saturated carbocycles. The molecule has 0 radical (unpaired) electrons. The summed E-state index contributed by atoms with van der Waals surface area (Å²) in [5.41, 5.74) is 2.78. The van der Waals surface area contributed by atoms with E-state index in [0.717, 1.165) is 28.8 Å². The van der Waals surface area contributed by atoms with E-state index in [1.807, 2.05) is 45.0 Å². The van der Waals surface area contributed by atoms with Crippen LogP contribution in [-0.2, 0) is 13.7 Å². The van der Waals surface area contributed by atoms with Gasteiger partial charge in [-0.05, 0) is 79.6 Å². The molecule has 4 rings (SSSR count). The molecule has 4 aromatic rings. The fourth-order valence-corrected chi connectivity index (χ4v) is 8.74. The first-order valence-electron chi connectivity index (χ1n) is 10.6. The Labute approximate surface area is 200 Å². The molecule has 0 saturated heterocycles. The molecule has 0 heterocycles. The Kier molecular flexibility index (Phi) is 6.62. The summed E-state index contributed by atoms with van der Waals surface area (Å²) in [6.45, 7) is 5.64. The molecule has 0 unspecified atom stereocenters. The van der Waals surface area contributed by atoms with E-state index in [4.69, 9.17) is 3.63 Å². The average molecular weight is 499 g/mol. The Balaban J connectivity index is 2.06. The number of hydrogen-bond acceptors (Lipinski definition) is 3. The van der Waals surface area contributed by atoms with Crippen LogP contribution in [0.2, 0.25) is 0 Å². The van der Waals surface area contributed by atoms with Crippen LogP contribution in [-0.4, -0.2) is 8.42 Å². The fourth-order valence-electron chi connectivity index (χ4n) is 3.55. The molecule has 0 aliphatic heterocycles. The zero-order chi connectivity index (χ0) is 24.5. The van der Waals surface area contributed by atoms with Crippen molar-refractivity contribution in [3.8, 4) is 0 Å². The lowest BCUT2D eigenvalue weighted by molar-refractivity contribution is 0.504. The van der Waals surface area contributed by atoms with E-state index in [1.165, 1.54) is 18.2 Å². The standard InChI is InChI=1S/C27H24F2O3S2/c1-19-4-11-23(12-5-19)33(24-13-6-20(2)7-14-24,27-17-10-22(28)18-26(27)29)32-34(30,31)25-15-8-21(3)9-16-25/h4-18H,1-3H3. The zero-order valence-electron chi connectivity index (χ0n) is 19.0. The molecule has 3 nitrogen and oxygen atoms in total. The summed E-state index contributed by atoms with van der Waals surface area (Å²) in [5.74, 6) is -1.64. The Morgan fingerprint density at radius 3 is 1.41 bits per heavy atom. The van der Waals surface area contributed by atoms with E-state index in [-0.39, 0.29) is 9.79 Å². The van der Waals surface area contributed by atoms with E-state index >= 15 is 4.39 Å². The molecule has 0 fully saturated rings. The maximum atomic E-state index is 15.4. The van der Waals surface area contributed by atoms with Crippen LogP contribution >= 0.6 is 10.3 Å². The maximum absolute atomic E-state index is 15.4. The van der Waals surface area contributed by atoms with Gasteiger partial charge in [0.25, 0.3) is 0 Å². The second-order valence-corrected chi connectivity index (χ2v) is 12.5. The van der Waals surface area contributed by atoms with Crippen LogP contribution in [0.4, 0.5) is 8.78 Å². The largest absolute Gasteiger partial charge is 0.307 e. The van der Waals surface area contributed by atoms with Crippen molar-refractivity contribution >= 4 is 20.4 Å². The minimum Gasteiger partial charge on any atom is -0.207 e. The van der Waals surface area contributed by atoms with E-state index < -0.39 is 32.1 Å². The van der Waals surface area contributed by atoms with Crippen molar-refractivity contribution < 1.29 is 20.8 Å². The molecule has 0 N–H and O–H groups in total. The van der Waals surface area contributed by atoms with Gasteiger partial charge in [0, 0.05) is 15.9 Å². The van der Waals surface area contributed by atoms with Crippen molar-refractivity contribution in [3.63, 3.8) is 0 Å². The highest BCUT2D eigenvalue weighted by atomic mass is 32.3. The third-order valence-corrected chi connectivity index (χ3v) is 10.6. The van der Waals surface area contributed by atoms with Gasteiger partial charge in [-0.1, -0.05) is 53.1 Å². The number of benzene rings is 4. The van der Waals surface area contributed by atoms with Crippen LogP contribution in [0.5, 0.6) is 0 Å². The lowest BCUT2D eigenvalue weighted by atomic mass is 10.2. The first kappa shape index (κ1) is 24.1. The van der Waals surface area contributed by atoms with E-state index in [2.05, 4.69) is 0 Å². The summed E-state index contributed by atoms with van der Waals surface area (Å²) < 4.78 is 62.6. The highest BCUT2D eigenvalue weighted by Gasteiger charge is 2.40. The Bertz CT molecular complexity index is 1370. The van der Waals surface area contributed by atoms with Crippen molar-refractivity contribution in [1.29, 1.82) is 0 Å². The van der Waals surface area contributed by atoms with Crippen LogP contribution < -0.4 is 0 Å². The van der Waals surface area contributed by atoms with Crippen molar-refractivity contribution in [2.24, 2.45) is 0 Å². The van der Waals surface area contributed by atoms with Gasteiger partial charge in [0.05, 0.1) is 9.79 Å². The molecule has 176 valence electrons. The smallest absolute Gasteiger partial charge is 0.207 e. The normalized spacial score (nSPS) is 12.5. The van der Waals surface area contributed by atoms with Crippen LogP contribution in [0.15, 0.2) is 111 Å². The second-order valence-electron chi connectivity index (χ2n) is 8.09. The van der Waals surface area contributed by atoms with Crippen LogP contribution in [0.3, 0.4) is 0 Å². The lowest BCUT2D eigenvalue weighted by Gasteiger charge is -2.39. The van der Waals surface area contributed by atoms with Gasteiger partial charge in [0.2, 0.25) is 0 Å². The number of aryl methyl sites for hydroxylation is 3. The number of hydrogen-bond donors (Lipinski definition) is 0. The summed E-state index contributed by atoms with van der Waals surface area (Å²) in [7, 11) is -7.51. The molecular weight excluding hydrogens is 474 g/mol. The van der Waals surface area contributed by atoms with Crippen molar-refractivity contribution in [2.45, 2.75) is 40.4 Å². The molecule has 34 heavy (non-hydrogen) atoms. The Hall–Kier alpha value is -3.00. The van der Waals surface area contributed by atoms with Gasteiger partial charge in [-0.2, -0.15) is 8.42 Å². The SMILES string of the molecule is Cc1ccc(S(OS(=O)(=O)c2ccc(C)cc2)(c2ccc(C)cc2)c2ccc(F)cc2F)cc1. The number of rotatable bonds is 6. The molecule has 7 heteroatoms. The Morgan fingerprint density at radius 2 is 1.00 bits per heavy atom. The number of halogens is 2. The third kappa shape index (κ3) is 4.64.